The second-order valence-corrected chi connectivity index (χ2v) is 7.28. The number of sulfone groups is 1. The first kappa shape index (κ1) is 11.1. The Bertz CT molecular complexity index is 352. The Kier molecular flexibility index (Phi) is 2.88. The van der Waals surface area contributed by atoms with Gasteiger partial charge in [0.25, 0.3) is 0 Å². The molecule has 0 spiro atoms. The van der Waals surface area contributed by atoms with Crippen LogP contribution in [0.1, 0.15) is 45.4 Å². The summed E-state index contributed by atoms with van der Waals surface area (Å²) < 4.78 is 24.5. The van der Waals surface area contributed by atoms with Crippen molar-refractivity contribution in [2.75, 3.05) is 0 Å². The van der Waals surface area contributed by atoms with Crippen molar-refractivity contribution in [2.45, 2.75) is 55.9 Å². The Balaban J connectivity index is 2.18. The molecular formula is C11H18O3S. The third-order valence-corrected chi connectivity index (χ3v) is 6.82. The molecule has 2 aliphatic carbocycles. The smallest absolute Gasteiger partial charge is 0.156 e. The van der Waals surface area contributed by atoms with Gasteiger partial charge in [0.2, 0.25) is 0 Å². The van der Waals surface area contributed by atoms with Crippen LogP contribution in [0, 0.1) is 5.92 Å². The summed E-state index contributed by atoms with van der Waals surface area (Å²) >= 11 is 0. The van der Waals surface area contributed by atoms with Crippen LogP contribution < -0.4 is 0 Å². The Labute approximate surface area is 91.2 Å². The van der Waals surface area contributed by atoms with Gasteiger partial charge in [-0.2, -0.15) is 0 Å². The molecule has 0 bridgehead atoms. The second kappa shape index (κ2) is 3.89. The number of ketones is 1. The largest absolute Gasteiger partial charge is 0.299 e. The third-order valence-electron chi connectivity index (χ3n) is 3.93. The van der Waals surface area contributed by atoms with E-state index in [4.69, 9.17) is 0 Å². The Morgan fingerprint density at radius 2 is 1.73 bits per heavy atom. The Morgan fingerprint density at radius 1 is 1.13 bits per heavy atom. The molecule has 0 aromatic rings. The summed E-state index contributed by atoms with van der Waals surface area (Å²) in [5.41, 5.74) is 0. The highest BCUT2D eigenvalue weighted by molar-refractivity contribution is 7.92. The van der Waals surface area contributed by atoms with Gasteiger partial charge in [-0.3, -0.25) is 4.79 Å². The molecule has 2 aliphatic rings. The predicted octanol–water partition coefficient (Wildman–Crippen LogP) is 1.71. The fourth-order valence-electron chi connectivity index (χ4n) is 2.88. The van der Waals surface area contributed by atoms with E-state index in [-0.39, 0.29) is 22.2 Å². The van der Waals surface area contributed by atoms with Crippen LogP contribution in [0.2, 0.25) is 0 Å². The molecule has 2 saturated carbocycles. The van der Waals surface area contributed by atoms with E-state index in [0.29, 0.717) is 12.8 Å². The molecule has 2 rings (SSSR count). The topological polar surface area (TPSA) is 51.2 Å². The number of rotatable bonds is 2. The summed E-state index contributed by atoms with van der Waals surface area (Å²) in [5.74, 6) is -0.142. The van der Waals surface area contributed by atoms with Crippen molar-refractivity contribution in [3.05, 3.63) is 0 Å². The zero-order chi connectivity index (χ0) is 11.1. The lowest BCUT2D eigenvalue weighted by Gasteiger charge is -2.19. The minimum atomic E-state index is -3.04. The number of hydrogen-bond donors (Lipinski definition) is 0. The summed E-state index contributed by atoms with van der Waals surface area (Å²) in [4.78, 5) is 11.4. The number of hydrogen-bond acceptors (Lipinski definition) is 3. The molecule has 4 heteroatoms. The Morgan fingerprint density at radius 3 is 2.20 bits per heavy atom. The zero-order valence-corrected chi connectivity index (χ0v) is 9.92. The summed E-state index contributed by atoms with van der Waals surface area (Å²) in [6, 6.07) is 0. The quantitative estimate of drug-likeness (QED) is 0.725. The predicted molar refractivity (Wildman–Crippen MR) is 58.4 cm³/mol. The van der Waals surface area contributed by atoms with Crippen molar-refractivity contribution in [3.63, 3.8) is 0 Å². The highest BCUT2D eigenvalue weighted by Gasteiger charge is 2.44. The molecule has 86 valence electrons. The maximum absolute atomic E-state index is 12.2. The molecule has 0 aromatic carbocycles. The van der Waals surface area contributed by atoms with Crippen molar-refractivity contribution < 1.29 is 13.2 Å². The lowest BCUT2D eigenvalue weighted by molar-refractivity contribution is -0.120. The maximum Gasteiger partial charge on any atom is 0.156 e. The maximum atomic E-state index is 12.2. The van der Waals surface area contributed by atoms with Gasteiger partial charge in [-0.1, -0.05) is 19.8 Å². The zero-order valence-electron chi connectivity index (χ0n) is 9.11. The molecule has 3 nitrogen and oxygen atoms in total. The van der Waals surface area contributed by atoms with Crippen LogP contribution in [0.5, 0.6) is 0 Å². The van der Waals surface area contributed by atoms with Gasteiger partial charge >= 0.3 is 0 Å². The molecule has 15 heavy (non-hydrogen) atoms. The van der Waals surface area contributed by atoms with E-state index in [1.54, 1.807) is 6.92 Å². The van der Waals surface area contributed by atoms with E-state index in [9.17, 15) is 13.2 Å². The van der Waals surface area contributed by atoms with E-state index in [2.05, 4.69) is 0 Å². The Hall–Kier alpha value is -0.380. The number of carbonyl (C=O) groups excluding carboxylic acids is 1. The molecule has 0 radical (unpaired) electrons. The van der Waals surface area contributed by atoms with E-state index in [0.717, 1.165) is 25.7 Å². The first-order chi connectivity index (χ1) is 7.03. The molecule has 0 aromatic heterocycles. The van der Waals surface area contributed by atoms with Gasteiger partial charge < -0.3 is 0 Å². The standard InChI is InChI=1S/C11H18O3S/c1-8-10(12)6-7-11(8)15(13,14)9-4-2-3-5-9/h8-9,11H,2-7H2,1H3. The van der Waals surface area contributed by atoms with Gasteiger partial charge in [-0.25, -0.2) is 8.42 Å². The van der Waals surface area contributed by atoms with E-state index < -0.39 is 9.84 Å². The number of carbonyl (C=O) groups is 1. The van der Waals surface area contributed by atoms with E-state index >= 15 is 0 Å². The van der Waals surface area contributed by atoms with Crippen LogP contribution in [0.4, 0.5) is 0 Å². The summed E-state index contributed by atoms with van der Waals surface area (Å²) in [6.07, 6.45) is 4.67. The van der Waals surface area contributed by atoms with Gasteiger partial charge in [-0.15, -0.1) is 0 Å². The molecular weight excluding hydrogens is 212 g/mol. The van der Waals surface area contributed by atoms with E-state index in [1.165, 1.54) is 0 Å². The van der Waals surface area contributed by atoms with Crippen molar-refractivity contribution in [2.24, 2.45) is 5.92 Å². The van der Waals surface area contributed by atoms with Crippen molar-refractivity contribution in [1.29, 1.82) is 0 Å². The summed E-state index contributed by atoms with van der Waals surface area (Å²) in [6.45, 7) is 1.77. The molecule has 0 N–H and O–H groups in total. The van der Waals surface area contributed by atoms with Gasteiger partial charge in [0.05, 0.1) is 10.5 Å². The van der Waals surface area contributed by atoms with Crippen LogP contribution in [0.15, 0.2) is 0 Å². The van der Waals surface area contributed by atoms with Crippen molar-refractivity contribution >= 4 is 15.6 Å². The monoisotopic (exact) mass is 230 g/mol. The summed E-state index contributed by atoms with van der Waals surface area (Å²) in [5, 5.41) is -0.538. The summed E-state index contributed by atoms with van der Waals surface area (Å²) in [7, 11) is -3.04. The minimum absolute atomic E-state index is 0.126. The van der Waals surface area contributed by atoms with Crippen LogP contribution in [0.3, 0.4) is 0 Å². The minimum Gasteiger partial charge on any atom is -0.299 e. The van der Waals surface area contributed by atoms with Gasteiger partial charge in [-0.05, 0) is 19.3 Å². The first-order valence-electron chi connectivity index (χ1n) is 5.79. The van der Waals surface area contributed by atoms with Crippen molar-refractivity contribution in [1.82, 2.24) is 0 Å². The van der Waals surface area contributed by atoms with Gasteiger partial charge in [0, 0.05) is 12.3 Å². The molecule has 2 fully saturated rings. The lowest BCUT2D eigenvalue weighted by atomic mass is 10.1. The van der Waals surface area contributed by atoms with Gasteiger partial charge in [0.1, 0.15) is 5.78 Å². The van der Waals surface area contributed by atoms with E-state index in [1.807, 2.05) is 0 Å². The average Bonchev–Trinajstić information content (AvgIpc) is 2.78. The molecule has 0 amide bonds. The van der Waals surface area contributed by atoms with Crippen LogP contribution >= 0.6 is 0 Å². The second-order valence-electron chi connectivity index (χ2n) is 4.83. The fraction of sp³-hybridized carbons (Fsp3) is 0.909. The van der Waals surface area contributed by atoms with Crippen LogP contribution in [0.25, 0.3) is 0 Å². The van der Waals surface area contributed by atoms with Crippen LogP contribution in [-0.4, -0.2) is 24.7 Å². The molecule has 2 unspecified atom stereocenters. The highest BCUT2D eigenvalue weighted by atomic mass is 32.2. The van der Waals surface area contributed by atoms with Crippen LogP contribution in [-0.2, 0) is 14.6 Å². The SMILES string of the molecule is CC1C(=O)CCC1S(=O)(=O)C1CCCC1. The first-order valence-corrected chi connectivity index (χ1v) is 7.40. The highest BCUT2D eigenvalue weighted by Crippen LogP contribution is 2.35. The third kappa shape index (κ3) is 1.84. The lowest BCUT2D eigenvalue weighted by Crippen LogP contribution is -2.33. The average molecular weight is 230 g/mol. The number of Topliss-reactive ketones (excluding diaryl/α,β-unsaturated/α-hetero) is 1. The molecule has 0 saturated heterocycles. The molecule has 0 aliphatic heterocycles. The van der Waals surface area contributed by atoms with Crippen molar-refractivity contribution in [3.8, 4) is 0 Å². The normalized spacial score (nSPS) is 33.8. The molecule has 0 heterocycles. The fourth-order valence-corrected chi connectivity index (χ4v) is 5.53. The van der Waals surface area contributed by atoms with Gasteiger partial charge in [0.15, 0.2) is 9.84 Å². The molecule has 2 atom stereocenters.